The van der Waals surface area contributed by atoms with Crippen LogP contribution in [0.2, 0.25) is 0 Å². The summed E-state index contributed by atoms with van der Waals surface area (Å²) in [6.07, 6.45) is 0. The number of anilines is 2. The molecule has 0 heterocycles. The van der Waals surface area contributed by atoms with Crippen LogP contribution in [0.25, 0.3) is 0 Å². The van der Waals surface area contributed by atoms with Gasteiger partial charge in [-0.3, -0.25) is 0 Å². The Morgan fingerprint density at radius 1 is 1.21 bits per heavy atom. The van der Waals surface area contributed by atoms with Crippen LogP contribution in [0, 0.1) is 11.6 Å². The fourth-order valence-electron chi connectivity index (χ4n) is 1.78. The molecule has 1 atom stereocenters. The van der Waals surface area contributed by atoms with E-state index in [4.69, 9.17) is 5.73 Å². The van der Waals surface area contributed by atoms with E-state index in [9.17, 15) is 8.78 Å². The summed E-state index contributed by atoms with van der Waals surface area (Å²) in [5.41, 5.74) is 7.49. The van der Waals surface area contributed by atoms with E-state index in [0.29, 0.717) is 15.8 Å². The molecule has 0 saturated carbocycles. The van der Waals surface area contributed by atoms with Gasteiger partial charge in [0.05, 0.1) is 15.8 Å². The number of nitrogens with one attached hydrogen (secondary N) is 1. The first-order valence-corrected chi connectivity index (χ1v) is 6.53. The van der Waals surface area contributed by atoms with Gasteiger partial charge in [0.25, 0.3) is 0 Å². The van der Waals surface area contributed by atoms with E-state index in [2.05, 4.69) is 21.2 Å². The van der Waals surface area contributed by atoms with Crippen LogP contribution in [0.3, 0.4) is 0 Å². The van der Waals surface area contributed by atoms with Crippen LogP contribution in [0.4, 0.5) is 20.2 Å². The van der Waals surface area contributed by atoms with Crippen molar-refractivity contribution in [3.8, 4) is 0 Å². The highest BCUT2D eigenvalue weighted by molar-refractivity contribution is 9.10. The Morgan fingerprint density at radius 2 is 1.95 bits per heavy atom. The summed E-state index contributed by atoms with van der Waals surface area (Å²) in [4.78, 5) is 0. The third-order valence-corrected chi connectivity index (χ3v) is 3.42. The number of halogens is 3. The van der Waals surface area contributed by atoms with Crippen LogP contribution in [0.15, 0.2) is 40.9 Å². The SMILES string of the molecule is CC(Nc1cc(F)c(Br)cc1N)c1cccc(F)c1. The largest absolute Gasteiger partial charge is 0.397 e. The highest BCUT2D eigenvalue weighted by atomic mass is 79.9. The van der Waals surface area contributed by atoms with Crippen LogP contribution in [-0.2, 0) is 0 Å². The van der Waals surface area contributed by atoms with Crippen molar-refractivity contribution >= 4 is 27.3 Å². The summed E-state index contributed by atoms with van der Waals surface area (Å²) in [6.45, 7) is 1.86. The van der Waals surface area contributed by atoms with Gasteiger partial charge in [-0.15, -0.1) is 0 Å². The molecule has 0 aliphatic rings. The topological polar surface area (TPSA) is 38.0 Å². The molecular formula is C14H13BrF2N2. The molecule has 0 saturated heterocycles. The minimum absolute atomic E-state index is 0.182. The molecule has 5 heteroatoms. The summed E-state index contributed by atoms with van der Waals surface area (Å²) >= 11 is 3.07. The van der Waals surface area contributed by atoms with Gasteiger partial charge in [-0.05, 0) is 46.6 Å². The smallest absolute Gasteiger partial charge is 0.139 e. The molecule has 0 fully saturated rings. The number of hydrogen-bond donors (Lipinski definition) is 2. The van der Waals surface area contributed by atoms with Gasteiger partial charge < -0.3 is 11.1 Å². The first-order valence-electron chi connectivity index (χ1n) is 5.74. The molecule has 19 heavy (non-hydrogen) atoms. The van der Waals surface area contributed by atoms with Crippen LogP contribution in [0.1, 0.15) is 18.5 Å². The molecule has 0 spiro atoms. The molecule has 2 aromatic rings. The van der Waals surface area contributed by atoms with Gasteiger partial charge in [-0.2, -0.15) is 0 Å². The Kier molecular flexibility index (Phi) is 4.04. The predicted octanol–water partition coefficient (Wildman–Crippen LogP) is 4.48. The van der Waals surface area contributed by atoms with Crippen LogP contribution < -0.4 is 11.1 Å². The van der Waals surface area contributed by atoms with Crippen molar-refractivity contribution in [2.24, 2.45) is 0 Å². The summed E-state index contributed by atoms with van der Waals surface area (Å²) in [7, 11) is 0. The highest BCUT2D eigenvalue weighted by Crippen LogP contribution is 2.29. The van der Waals surface area contributed by atoms with Crippen molar-refractivity contribution in [2.45, 2.75) is 13.0 Å². The standard InChI is InChI=1S/C14H13BrF2N2/c1-8(9-3-2-4-10(16)5-9)19-14-7-12(17)11(15)6-13(14)18/h2-8,19H,18H2,1H3. The summed E-state index contributed by atoms with van der Waals surface area (Å²) in [5.74, 6) is -0.704. The van der Waals surface area contributed by atoms with Crippen molar-refractivity contribution in [3.05, 3.63) is 58.1 Å². The lowest BCUT2D eigenvalue weighted by atomic mass is 10.1. The van der Waals surface area contributed by atoms with Crippen molar-refractivity contribution in [2.75, 3.05) is 11.1 Å². The molecule has 0 aromatic heterocycles. The van der Waals surface area contributed by atoms with E-state index in [1.807, 2.05) is 6.92 Å². The highest BCUT2D eigenvalue weighted by Gasteiger charge is 2.10. The van der Waals surface area contributed by atoms with Gasteiger partial charge in [-0.25, -0.2) is 8.78 Å². The molecule has 100 valence electrons. The third kappa shape index (κ3) is 3.23. The molecule has 0 aliphatic heterocycles. The average Bonchev–Trinajstić information content (AvgIpc) is 2.36. The van der Waals surface area contributed by atoms with Crippen molar-refractivity contribution in [1.82, 2.24) is 0 Å². The number of rotatable bonds is 3. The van der Waals surface area contributed by atoms with Gasteiger partial charge in [0.1, 0.15) is 11.6 Å². The van der Waals surface area contributed by atoms with Gasteiger partial charge in [0.2, 0.25) is 0 Å². The Labute approximate surface area is 118 Å². The summed E-state index contributed by atoms with van der Waals surface area (Å²) < 4.78 is 26.9. The van der Waals surface area contributed by atoms with Crippen LogP contribution >= 0.6 is 15.9 Å². The van der Waals surface area contributed by atoms with Crippen molar-refractivity contribution < 1.29 is 8.78 Å². The maximum atomic E-state index is 13.5. The number of benzene rings is 2. The maximum absolute atomic E-state index is 13.5. The summed E-state index contributed by atoms with van der Waals surface area (Å²) in [5, 5.41) is 3.07. The second kappa shape index (κ2) is 5.57. The lowest BCUT2D eigenvalue weighted by Gasteiger charge is -2.17. The van der Waals surface area contributed by atoms with E-state index in [-0.39, 0.29) is 11.9 Å². The second-order valence-corrected chi connectivity index (χ2v) is 5.13. The average molecular weight is 327 g/mol. The van der Waals surface area contributed by atoms with E-state index < -0.39 is 5.82 Å². The normalized spacial score (nSPS) is 12.2. The minimum atomic E-state index is -0.400. The second-order valence-electron chi connectivity index (χ2n) is 4.27. The van der Waals surface area contributed by atoms with E-state index in [0.717, 1.165) is 5.56 Å². The molecule has 2 aromatic carbocycles. The molecule has 0 radical (unpaired) electrons. The lowest BCUT2D eigenvalue weighted by molar-refractivity contribution is 0.620. The fourth-order valence-corrected chi connectivity index (χ4v) is 2.14. The van der Waals surface area contributed by atoms with Crippen molar-refractivity contribution in [3.63, 3.8) is 0 Å². The Balaban J connectivity index is 2.24. The molecule has 3 N–H and O–H groups in total. The maximum Gasteiger partial charge on any atom is 0.139 e. The Hall–Kier alpha value is -1.62. The number of nitrogens with two attached hydrogens (primary N) is 1. The minimum Gasteiger partial charge on any atom is -0.397 e. The quantitative estimate of drug-likeness (QED) is 0.816. The zero-order chi connectivity index (χ0) is 14.0. The molecule has 0 bridgehead atoms. The Bertz CT molecular complexity index is 602. The zero-order valence-corrected chi connectivity index (χ0v) is 11.8. The van der Waals surface area contributed by atoms with Crippen LogP contribution in [-0.4, -0.2) is 0 Å². The van der Waals surface area contributed by atoms with E-state index >= 15 is 0 Å². The summed E-state index contributed by atoms with van der Waals surface area (Å²) in [6, 6.07) is 8.87. The first kappa shape index (κ1) is 13.8. The predicted molar refractivity (Wildman–Crippen MR) is 77.0 cm³/mol. The van der Waals surface area contributed by atoms with Gasteiger partial charge >= 0.3 is 0 Å². The molecular weight excluding hydrogens is 314 g/mol. The molecule has 2 nitrogen and oxygen atoms in total. The molecule has 1 unspecified atom stereocenters. The number of hydrogen-bond acceptors (Lipinski definition) is 2. The Morgan fingerprint density at radius 3 is 2.63 bits per heavy atom. The zero-order valence-electron chi connectivity index (χ0n) is 10.3. The monoisotopic (exact) mass is 326 g/mol. The molecule has 0 aliphatic carbocycles. The van der Waals surface area contributed by atoms with Crippen molar-refractivity contribution in [1.29, 1.82) is 0 Å². The van der Waals surface area contributed by atoms with E-state index in [1.165, 1.54) is 24.3 Å². The molecule has 2 rings (SSSR count). The first-order chi connectivity index (χ1) is 8.97. The van der Waals surface area contributed by atoms with E-state index in [1.54, 1.807) is 12.1 Å². The lowest BCUT2D eigenvalue weighted by Crippen LogP contribution is -2.09. The van der Waals surface area contributed by atoms with Gasteiger partial charge in [0.15, 0.2) is 0 Å². The van der Waals surface area contributed by atoms with Crippen LogP contribution in [0.5, 0.6) is 0 Å². The van der Waals surface area contributed by atoms with Gasteiger partial charge in [0, 0.05) is 12.1 Å². The number of nitrogen functional groups attached to an aromatic ring is 1. The van der Waals surface area contributed by atoms with Gasteiger partial charge in [-0.1, -0.05) is 12.1 Å². The third-order valence-electron chi connectivity index (χ3n) is 2.81. The fraction of sp³-hybridized carbons (Fsp3) is 0.143. The molecule has 0 amide bonds.